The minimum atomic E-state index is -3.60. The molecule has 2 aromatic heterocycles. The van der Waals surface area contributed by atoms with E-state index in [-0.39, 0.29) is 4.21 Å². The molecule has 0 unspecified atom stereocenters. The van der Waals surface area contributed by atoms with Gasteiger partial charge in [0.05, 0.1) is 11.2 Å². The maximum absolute atomic E-state index is 12.4. The molecule has 0 aliphatic carbocycles. The van der Waals surface area contributed by atoms with Crippen molar-refractivity contribution in [1.82, 2.24) is 4.98 Å². The van der Waals surface area contributed by atoms with Crippen molar-refractivity contribution >= 4 is 53.9 Å². The van der Waals surface area contributed by atoms with Crippen molar-refractivity contribution in [2.45, 2.75) is 4.21 Å². The minimum Gasteiger partial charge on any atom is -0.278 e. The Morgan fingerprint density at radius 3 is 2.75 bits per heavy atom. The molecule has 20 heavy (non-hydrogen) atoms. The highest BCUT2D eigenvalue weighted by Crippen LogP contribution is 2.31. The Kier molecular flexibility index (Phi) is 3.49. The minimum absolute atomic E-state index is 0.262. The van der Waals surface area contributed by atoms with E-state index < -0.39 is 10.0 Å². The summed E-state index contributed by atoms with van der Waals surface area (Å²) in [7, 11) is -3.60. The Labute approximate surface area is 128 Å². The standard InChI is InChI=1S/C13H9BrN2O2S2/c14-10-6-8-19-13(10)20(17,18)16-12-5-1-4-11-9(12)3-2-7-15-11/h1-8,16H. The summed E-state index contributed by atoms with van der Waals surface area (Å²) in [5.41, 5.74) is 1.27. The summed E-state index contributed by atoms with van der Waals surface area (Å²) < 4.78 is 28.2. The molecule has 1 N–H and O–H groups in total. The van der Waals surface area contributed by atoms with Crippen molar-refractivity contribution in [1.29, 1.82) is 0 Å². The van der Waals surface area contributed by atoms with Gasteiger partial charge in [-0.25, -0.2) is 8.42 Å². The lowest BCUT2D eigenvalue weighted by molar-refractivity contribution is 0.603. The van der Waals surface area contributed by atoms with Crippen LogP contribution in [0.3, 0.4) is 0 Å². The third-order valence-corrected chi connectivity index (χ3v) is 6.75. The van der Waals surface area contributed by atoms with Crippen LogP contribution in [0.1, 0.15) is 0 Å². The summed E-state index contributed by atoms with van der Waals surface area (Å²) in [6.45, 7) is 0. The van der Waals surface area contributed by atoms with E-state index in [1.165, 1.54) is 11.3 Å². The Morgan fingerprint density at radius 1 is 1.15 bits per heavy atom. The first-order valence-corrected chi connectivity index (χ1v) is 8.83. The zero-order chi connectivity index (χ0) is 14.2. The first-order valence-electron chi connectivity index (χ1n) is 5.67. The SMILES string of the molecule is O=S(=O)(Nc1cccc2ncccc12)c1sccc1Br. The highest BCUT2D eigenvalue weighted by Gasteiger charge is 2.20. The zero-order valence-corrected chi connectivity index (χ0v) is 13.3. The molecule has 0 fully saturated rings. The van der Waals surface area contributed by atoms with Gasteiger partial charge in [-0.15, -0.1) is 11.3 Å². The van der Waals surface area contributed by atoms with E-state index in [0.717, 1.165) is 10.9 Å². The van der Waals surface area contributed by atoms with E-state index in [1.54, 1.807) is 35.8 Å². The number of rotatable bonds is 3. The third kappa shape index (κ3) is 2.44. The molecule has 0 amide bonds. The number of sulfonamides is 1. The van der Waals surface area contributed by atoms with Crippen molar-refractivity contribution < 1.29 is 8.42 Å². The summed E-state index contributed by atoms with van der Waals surface area (Å²) in [5.74, 6) is 0. The summed E-state index contributed by atoms with van der Waals surface area (Å²) in [5, 5.41) is 2.50. The van der Waals surface area contributed by atoms with Gasteiger partial charge in [-0.2, -0.15) is 0 Å². The zero-order valence-electron chi connectivity index (χ0n) is 10.1. The van der Waals surface area contributed by atoms with E-state index >= 15 is 0 Å². The lowest BCUT2D eigenvalue weighted by Gasteiger charge is -2.09. The van der Waals surface area contributed by atoms with Gasteiger partial charge in [0.2, 0.25) is 0 Å². The normalized spacial score (nSPS) is 11.7. The summed E-state index contributed by atoms with van der Waals surface area (Å²) in [6, 6.07) is 10.7. The number of nitrogens with one attached hydrogen (secondary N) is 1. The number of nitrogens with zero attached hydrogens (tertiary/aromatic N) is 1. The van der Waals surface area contributed by atoms with Gasteiger partial charge in [0.15, 0.2) is 4.21 Å². The van der Waals surface area contributed by atoms with Gasteiger partial charge in [-0.1, -0.05) is 6.07 Å². The average molecular weight is 369 g/mol. The van der Waals surface area contributed by atoms with Crippen molar-refractivity contribution in [3.8, 4) is 0 Å². The van der Waals surface area contributed by atoms with Crippen molar-refractivity contribution in [3.63, 3.8) is 0 Å². The number of thiophene rings is 1. The van der Waals surface area contributed by atoms with Crippen LogP contribution in [0.4, 0.5) is 5.69 Å². The average Bonchev–Trinajstić information content (AvgIpc) is 2.86. The number of hydrogen-bond donors (Lipinski definition) is 1. The number of anilines is 1. The third-order valence-electron chi connectivity index (χ3n) is 2.72. The van der Waals surface area contributed by atoms with E-state index in [9.17, 15) is 8.42 Å². The number of hydrogen-bond acceptors (Lipinski definition) is 4. The maximum atomic E-state index is 12.4. The van der Waals surface area contributed by atoms with Gasteiger partial charge < -0.3 is 0 Å². The van der Waals surface area contributed by atoms with Crippen molar-refractivity contribution in [3.05, 3.63) is 52.4 Å². The van der Waals surface area contributed by atoms with E-state index in [0.29, 0.717) is 10.2 Å². The van der Waals surface area contributed by atoms with Crippen LogP contribution in [-0.4, -0.2) is 13.4 Å². The highest BCUT2D eigenvalue weighted by molar-refractivity contribution is 9.10. The van der Waals surface area contributed by atoms with Crippen molar-refractivity contribution in [2.75, 3.05) is 4.72 Å². The van der Waals surface area contributed by atoms with Crippen LogP contribution in [0.15, 0.2) is 56.7 Å². The molecule has 0 saturated carbocycles. The fraction of sp³-hybridized carbons (Fsp3) is 0. The lowest BCUT2D eigenvalue weighted by atomic mass is 10.2. The van der Waals surface area contributed by atoms with Crippen LogP contribution in [0.2, 0.25) is 0 Å². The first kappa shape index (κ1) is 13.5. The van der Waals surface area contributed by atoms with E-state index in [4.69, 9.17) is 0 Å². The van der Waals surface area contributed by atoms with Gasteiger partial charge in [-0.3, -0.25) is 9.71 Å². The van der Waals surface area contributed by atoms with E-state index in [2.05, 4.69) is 25.6 Å². The lowest BCUT2D eigenvalue weighted by Crippen LogP contribution is -2.12. The molecule has 0 aliphatic heterocycles. The van der Waals surface area contributed by atoms with Gasteiger partial charge >= 0.3 is 0 Å². The molecule has 2 heterocycles. The molecule has 0 aliphatic rings. The summed E-state index contributed by atoms with van der Waals surface area (Å²) in [6.07, 6.45) is 1.68. The summed E-state index contributed by atoms with van der Waals surface area (Å²) in [4.78, 5) is 4.21. The Balaban J connectivity index is 2.08. The second-order valence-corrected chi connectivity index (χ2v) is 7.69. The van der Waals surface area contributed by atoms with Crippen LogP contribution in [0.25, 0.3) is 10.9 Å². The predicted molar refractivity (Wildman–Crippen MR) is 84.6 cm³/mol. The molecule has 0 spiro atoms. The molecule has 0 bridgehead atoms. The maximum Gasteiger partial charge on any atom is 0.272 e. The molecule has 3 aromatic rings. The largest absolute Gasteiger partial charge is 0.278 e. The Morgan fingerprint density at radius 2 is 2.00 bits per heavy atom. The van der Waals surface area contributed by atoms with Crippen molar-refractivity contribution in [2.24, 2.45) is 0 Å². The van der Waals surface area contributed by atoms with Crippen LogP contribution in [0, 0.1) is 0 Å². The Hall–Kier alpha value is -1.44. The molecular weight excluding hydrogens is 360 g/mol. The van der Waals surface area contributed by atoms with Gasteiger partial charge in [-0.05, 0) is 51.6 Å². The molecule has 0 radical (unpaired) electrons. The van der Waals surface area contributed by atoms with Crippen LogP contribution >= 0.6 is 27.3 Å². The van der Waals surface area contributed by atoms with Gasteiger partial charge in [0.1, 0.15) is 0 Å². The molecule has 3 rings (SSSR count). The predicted octanol–water partition coefficient (Wildman–Crippen LogP) is 3.86. The number of fused-ring (bicyclic) bond motifs is 1. The van der Waals surface area contributed by atoms with Crippen LogP contribution in [0.5, 0.6) is 0 Å². The van der Waals surface area contributed by atoms with Crippen LogP contribution in [-0.2, 0) is 10.0 Å². The molecule has 4 nitrogen and oxygen atoms in total. The molecule has 0 saturated heterocycles. The van der Waals surface area contributed by atoms with Crippen LogP contribution < -0.4 is 4.72 Å². The number of aromatic nitrogens is 1. The molecule has 102 valence electrons. The number of halogens is 1. The highest BCUT2D eigenvalue weighted by atomic mass is 79.9. The second-order valence-electron chi connectivity index (χ2n) is 4.04. The van der Waals surface area contributed by atoms with Gasteiger partial charge in [0.25, 0.3) is 10.0 Å². The fourth-order valence-corrected chi connectivity index (χ4v) is 5.27. The topological polar surface area (TPSA) is 59.1 Å². The smallest absolute Gasteiger partial charge is 0.272 e. The second kappa shape index (κ2) is 5.16. The number of pyridine rings is 1. The quantitative estimate of drug-likeness (QED) is 0.763. The molecule has 1 aromatic carbocycles. The van der Waals surface area contributed by atoms with Gasteiger partial charge in [0, 0.05) is 16.1 Å². The Bertz CT molecular complexity index is 869. The molecule has 0 atom stereocenters. The number of benzene rings is 1. The summed E-state index contributed by atoms with van der Waals surface area (Å²) >= 11 is 4.41. The first-order chi connectivity index (χ1) is 9.58. The monoisotopic (exact) mass is 368 g/mol. The molecular formula is C13H9BrN2O2S2. The van der Waals surface area contributed by atoms with E-state index in [1.807, 2.05) is 12.1 Å². The fourth-order valence-electron chi connectivity index (χ4n) is 1.86. The molecule has 7 heteroatoms.